The SMILES string of the molecule is NC1CCCCCC1c1nc(Cc2ccccn2)no1. The van der Waals surface area contributed by atoms with E-state index < -0.39 is 0 Å². The number of aromatic nitrogens is 3. The fraction of sp³-hybridized carbons (Fsp3) is 0.533. The highest BCUT2D eigenvalue weighted by Crippen LogP contribution is 2.30. The smallest absolute Gasteiger partial charge is 0.231 e. The number of pyridine rings is 1. The van der Waals surface area contributed by atoms with Gasteiger partial charge in [-0.1, -0.05) is 30.5 Å². The lowest BCUT2D eigenvalue weighted by molar-refractivity contribution is 0.323. The molecule has 0 spiro atoms. The van der Waals surface area contributed by atoms with E-state index in [-0.39, 0.29) is 12.0 Å². The van der Waals surface area contributed by atoms with Crippen molar-refractivity contribution < 1.29 is 4.52 Å². The highest BCUT2D eigenvalue weighted by molar-refractivity contribution is 5.10. The van der Waals surface area contributed by atoms with E-state index in [1.165, 1.54) is 19.3 Å². The molecule has 2 aromatic rings. The standard InChI is InChI=1S/C15H20N4O/c16-13-8-3-1-2-7-12(13)15-18-14(19-20-15)10-11-6-4-5-9-17-11/h4-6,9,12-13H,1-3,7-8,10,16H2. The minimum Gasteiger partial charge on any atom is -0.339 e. The molecular formula is C15H20N4O. The van der Waals surface area contributed by atoms with Gasteiger partial charge in [-0.15, -0.1) is 0 Å². The van der Waals surface area contributed by atoms with E-state index in [9.17, 15) is 0 Å². The Kier molecular flexibility index (Phi) is 4.06. The predicted octanol–water partition coefficient (Wildman–Crippen LogP) is 2.43. The van der Waals surface area contributed by atoms with E-state index in [0.717, 1.165) is 18.5 Å². The summed E-state index contributed by atoms with van der Waals surface area (Å²) in [4.78, 5) is 8.80. The maximum absolute atomic E-state index is 6.23. The quantitative estimate of drug-likeness (QED) is 0.868. The fourth-order valence-electron chi connectivity index (χ4n) is 2.80. The van der Waals surface area contributed by atoms with E-state index in [2.05, 4.69) is 15.1 Å². The summed E-state index contributed by atoms with van der Waals surface area (Å²) in [6.45, 7) is 0. The Morgan fingerprint density at radius 2 is 2.10 bits per heavy atom. The zero-order chi connectivity index (χ0) is 13.8. The molecule has 106 valence electrons. The molecule has 2 aromatic heterocycles. The third kappa shape index (κ3) is 3.04. The number of rotatable bonds is 3. The van der Waals surface area contributed by atoms with E-state index in [1.54, 1.807) is 6.20 Å². The van der Waals surface area contributed by atoms with Crippen molar-refractivity contribution in [1.29, 1.82) is 0 Å². The summed E-state index contributed by atoms with van der Waals surface area (Å²) in [7, 11) is 0. The van der Waals surface area contributed by atoms with E-state index >= 15 is 0 Å². The normalized spacial score (nSPS) is 23.4. The van der Waals surface area contributed by atoms with Gasteiger partial charge in [-0.05, 0) is 25.0 Å². The van der Waals surface area contributed by atoms with Crippen LogP contribution in [0.5, 0.6) is 0 Å². The van der Waals surface area contributed by atoms with Gasteiger partial charge in [-0.2, -0.15) is 4.98 Å². The van der Waals surface area contributed by atoms with Crippen molar-refractivity contribution in [3.05, 3.63) is 41.8 Å². The molecule has 2 unspecified atom stereocenters. The van der Waals surface area contributed by atoms with Crippen LogP contribution in [0.25, 0.3) is 0 Å². The van der Waals surface area contributed by atoms with Crippen molar-refractivity contribution in [3.8, 4) is 0 Å². The lowest BCUT2D eigenvalue weighted by atomic mass is 9.95. The molecule has 5 heteroatoms. The van der Waals surface area contributed by atoms with Crippen LogP contribution >= 0.6 is 0 Å². The molecule has 0 amide bonds. The summed E-state index contributed by atoms with van der Waals surface area (Å²) in [6, 6.07) is 5.97. The molecule has 20 heavy (non-hydrogen) atoms. The first-order chi connectivity index (χ1) is 9.83. The van der Waals surface area contributed by atoms with Gasteiger partial charge >= 0.3 is 0 Å². The highest BCUT2D eigenvalue weighted by atomic mass is 16.5. The van der Waals surface area contributed by atoms with Crippen molar-refractivity contribution in [1.82, 2.24) is 15.1 Å². The van der Waals surface area contributed by atoms with Crippen molar-refractivity contribution in [2.75, 3.05) is 0 Å². The second kappa shape index (κ2) is 6.13. The molecule has 0 saturated heterocycles. The van der Waals surface area contributed by atoms with Crippen molar-refractivity contribution in [3.63, 3.8) is 0 Å². The molecule has 0 bridgehead atoms. The third-order valence-electron chi connectivity index (χ3n) is 3.94. The molecule has 2 atom stereocenters. The van der Waals surface area contributed by atoms with Gasteiger partial charge in [0.2, 0.25) is 5.89 Å². The summed E-state index contributed by atoms with van der Waals surface area (Å²) in [6.07, 6.45) is 8.11. The van der Waals surface area contributed by atoms with Gasteiger partial charge in [0.1, 0.15) is 0 Å². The molecule has 0 aromatic carbocycles. The number of nitrogens with two attached hydrogens (primary N) is 1. The maximum atomic E-state index is 6.23. The average Bonchev–Trinajstić information content (AvgIpc) is 2.81. The molecule has 2 heterocycles. The summed E-state index contributed by atoms with van der Waals surface area (Å²) in [5.41, 5.74) is 7.18. The van der Waals surface area contributed by atoms with Crippen LogP contribution in [-0.2, 0) is 6.42 Å². The van der Waals surface area contributed by atoms with Gasteiger partial charge in [-0.3, -0.25) is 4.98 Å². The van der Waals surface area contributed by atoms with Gasteiger partial charge < -0.3 is 10.3 Å². The van der Waals surface area contributed by atoms with Crippen molar-refractivity contribution in [2.45, 2.75) is 50.5 Å². The molecule has 3 rings (SSSR count). The zero-order valence-corrected chi connectivity index (χ0v) is 11.5. The van der Waals surface area contributed by atoms with Crippen LogP contribution in [0.1, 0.15) is 55.4 Å². The number of hydrogen-bond acceptors (Lipinski definition) is 5. The van der Waals surface area contributed by atoms with Crippen LogP contribution in [0.15, 0.2) is 28.9 Å². The van der Waals surface area contributed by atoms with Crippen LogP contribution in [-0.4, -0.2) is 21.2 Å². The first-order valence-electron chi connectivity index (χ1n) is 7.31. The van der Waals surface area contributed by atoms with E-state index in [0.29, 0.717) is 18.1 Å². The van der Waals surface area contributed by atoms with Gasteiger partial charge in [0.25, 0.3) is 0 Å². The van der Waals surface area contributed by atoms with E-state index in [4.69, 9.17) is 10.3 Å². The van der Waals surface area contributed by atoms with Gasteiger partial charge in [0, 0.05) is 17.9 Å². The molecule has 0 aliphatic heterocycles. The molecular weight excluding hydrogens is 252 g/mol. The minimum atomic E-state index is 0.139. The Bertz CT molecular complexity index is 540. The minimum absolute atomic E-state index is 0.139. The third-order valence-corrected chi connectivity index (χ3v) is 3.94. The topological polar surface area (TPSA) is 77.8 Å². The van der Waals surface area contributed by atoms with Crippen LogP contribution in [0.3, 0.4) is 0 Å². The van der Waals surface area contributed by atoms with Gasteiger partial charge in [-0.25, -0.2) is 0 Å². The largest absolute Gasteiger partial charge is 0.339 e. The summed E-state index contributed by atoms with van der Waals surface area (Å²) in [5, 5.41) is 4.07. The lowest BCUT2D eigenvalue weighted by Gasteiger charge is -2.16. The van der Waals surface area contributed by atoms with Crippen LogP contribution in [0.2, 0.25) is 0 Å². The van der Waals surface area contributed by atoms with Crippen molar-refractivity contribution >= 4 is 0 Å². The number of nitrogens with zero attached hydrogens (tertiary/aromatic N) is 3. The molecule has 1 aliphatic carbocycles. The van der Waals surface area contributed by atoms with Crippen molar-refractivity contribution in [2.24, 2.45) is 5.73 Å². The Morgan fingerprint density at radius 1 is 1.20 bits per heavy atom. The summed E-state index contributed by atoms with van der Waals surface area (Å²) < 4.78 is 5.43. The predicted molar refractivity (Wildman–Crippen MR) is 75.1 cm³/mol. The number of hydrogen-bond donors (Lipinski definition) is 1. The van der Waals surface area contributed by atoms with Gasteiger partial charge in [0.15, 0.2) is 5.82 Å². The Labute approximate surface area is 118 Å². The van der Waals surface area contributed by atoms with Crippen LogP contribution in [0, 0.1) is 0 Å². The summed E-state index contributed by atoms with van der Waals surface area (Å²) >= 11 is 0. The molecule has 0 radical (unpaired) electrons. The van der Waals surface area contributed by atoms with Crippen LogP contribution in [0.4, 0.5) is 0 Å². The Morgan fingerprint density at radius 3 is 2.95 bits per heavy atom. The molecule has 5 nitrogen and oxygen atoms in total. The molecule has 1 saturated carbocycles. The fourth-order valence-corrected chi connectivity index (χ4v) is 2.80. The first-order valence-corrected chi connectivity index (χ1v) is 7.31. The average molecular weight is 272 g/mol. The first kappa shape index (κ1) is 13.2. The Hall–Kier alpha value is -1.75. The van der Waals surface area contributed by atoms with Crippen LogP contribution < -0.4 is 5.73 Å². The maximum Gasteiger partial charge on any atom is 0.231 e. The van der Waals surface area contributed by atoms with E-state index in [1.807, 2.05) is 18.2 Å². The molecule has 1 fully saturated rings. The molecule has 2 N–H and O–H groups in total. The van der Waals surface area contributed by atoms with Gasteiger partial charge in [0.05, 0.1) is 12.3 Å². The zero-order valence-electron chi connectivity index (χ0n) is 11.5. The monoisotopic (exact) mass is 272 g/mol. The molecule has 1 aliphatic rings. The second-order valence-electron chi connectivity index (χ2n) is 5.46. The lowest BCUT2D eigenvalue weighted by Crippen LogP contribution is -2.27. The second-order valence-corrected chi connectivity index (χ2v) is 5.46. The Balaban J connectivity index is 1.72. The summed E-state index contributed by atoms with van der Waals surface area (Å²) in [5.74, 6) is 1.60. The highest BCUT2D eigenvalue weighted by Gasteiger charge is 2.27.